The number of hydrogen-bond donors (Lipinski definition) is 1. The molecule has 2 heterocycles. The fourth-order valence-corrected chi connectivity index (χ4v) is 3.29. The highest BCUT2D eigenvalue weighted by atomic mass is 32.1. The van der Waals surface area contributed by atoms with Crippen LogP contribution in [0.3, 0.4) is 0 Å². The van der Waals surface area contributed by atoms with E-state index in [-0.39, 0.29) is 0 Å². The van der Waals surface area contributed by atoms with Crippen molar-refractivity contribution in [1.82, 2.24) is 5.32 Å². The molecule has 0 aromatic carbocycles. The Labute approximate surface area is 108 Å². The van der Waals surface area contributed by atoms with Crippen LogP contribution < -0.4 is 5.32 Å². The van der Waals surface area contributed by atoms with Gasteiger partial charge in [0.2, 0.25) is 0 Å². The first kappa shape index (κ1) is 13.1. The fraction of sp³-hybridized carbons (Fsp3) is 0.714. The van der Waals surface area contributed by atoms with Crippen molar-refractivity contribution in [3.63, 3.8) is 0 Å². The molecule has 1 aliphatic rings. The van der Waals surface area contributed by atoms with E-state index in [0.717, 1.165) is 6.54 Å². The maximum Gasteiger partial charge on any atom is 0.0732 e. The van der Waals surface area contributed by atoms with Crippen molar-refractivity contribution in [2.45, 2.75) is 57.8 Å². The highest BCUT2D eigenvalue weighted by molar-refractivity contribution is 7.09. The normalized spacial score (nSPS) is 26.2. The van der Waals surface area contributed by atoms with E-state index in [9.17, 15) is 0 Å². The van der Waals surface area contributed by atoms with Crippen molar-refractivity contribution >= 4 is 11.3 Å². The molecule has 1 aliphatic heterocycles. The Kier molecular flexibility index (Phi) is 5.01. The largest absolute Gasteiger partial charge is 0.374 e. The van der Waals surface area contributed by atoms with Crippen LogP contribution in [-0.2, 0) is 11.2 Å². The number of thiophene rings is 1. The summed E-state index contributed by atoms with van der Waals surface area (Å²) in [6.45, 7) is 5.39. The average Bonchev–Trinajstić information content (AvgIpc) is 2.95. The maximum atomic E-state index is 5.99. The van der Waals surface area contributed by atoms with E-state index in [1.165, 1.54) is 30.6 Å². The first-order valence-corrected chi connectivity index (χ1v) is 7.58. The van der Waals surface area contributed by atoms with E-state index in [1.807, 2.05) is 11.3 Å². The van der Waals surface area contributed by atoms with Gasteiger partial charge in [0.25, 0.3) is 0 Å². The second kappa shape index (κ2) is 6.53. The Morgan fingerprint density at radius 1 is 1.53 bits per heavy atom. The van der Waals surface area contributed by atoms with Crippen LogP contribution in [0.1, 0.15) is 38.0 Å². The molecule has 3 atom stereocenters. The summed E-state index contributed by atoms with van der Waals surface area (Å²) in [6.07, 6.45) is 5.65. The van der Waals surface area contributed by atoms with Gasteiger partial charge in [0, 0.05) is 10.9 Å². The molecule has 0 spiro atoms. The molecule has 2 nitrogen and oxygen atoms in total. The molecule has 3 unspecified atom stereocenters. The standard InChI is InChI=1S/C14H23NOS/c1-3-15-13(14-9-6-11(2)16-14)8-7-12-5-4-10-17-12/h4-5,10-11,13-15H,3,6-9H2,1-2H3. The third-order valence-corrected chi connectivity index (χ3v) is 4.40. The minimum Gasteiger partial charge on any atom is -0.374 e. The topological polar surface area (TPSA) is 21.3 Å². The van der Waals surface area contributed by atoms with Crippen molar-refractivity contribution in [2.24, 2.45) is 0 Å². The summed E-state index contributed by atoms with van der Waals surface area (Å²) in [5, 5.41) is 5.75. The van der Waals surface area contributed by atoms with Gasteiger partial charge in [-0.1, -0.05) is 13.0 Å². The summed E-state index contributed by atoms with van der Waals surface area (Å²) in [4.78, 5) is 1.49. The van der Waals surface area contributed by atoms with Crippen LogP contribution in [0.4, 0.5) is 0 Å². The van der Waals surface area contributed by atoms with E-state index in [4.69, 9.17) is 4.74 Å². The van der Waals surface area contributed by atoms with Gasteiger partial charge in [-0.05, 0) is 50.6 Å². The Bertz CT molecular complexity index is 312. The zero-order valence-corrected chi connectivity index (χ0v) is 11.6. The second-order valence-electron chi connectivity index (χ2n) is 4.84. The summed E-state index contributed by atoms with van der Waals surface area (Å²) < 4.78 is 5.99. The Morgan fingerprint density at radius 3 is 3.00 bits per heavy atom. The molecule has 0 aliphatic carbocycles. The minimum atomic E-state index is 0.421. The van der Waals surface area contributed by atoms with Crippen LogP contribution in [0.15, 0.2) is 17.5 Å². The summed E-state index contributed by atoms with van der Waals surface area (Å²) in [5.74, 6) is 0. The van der Waals surface area contributed by atoms with Crippen LogP contribution in [0.25, 0.3) is 0 Å². The lowest BCUT2D eigenvalue weighted by atomic mass is 10.0. The van der Waals surface area contributed by atoms with Gasteiger partial charge in [-0.25, -0.2) is 0 Å². The molecule has 1 N–H and O–H groups in total. The van der Waals surface area contributed by atoms with Crippen molar-refractivity contribution < 1.29 is 4.74 Å². The lowest BCUT2D eigenvalue weighted by Crippen LogP contribution is -2.40. The molecule has 96 valence electrons. The van der Waals surface area contributed by atoms with E-state index in [1.54, 1.807) is 0 Å². The molecular weight excluding hydrogens is 230 g/mol. The lowest BCUT2D eigenvalue weighted by Gasteiger charge is -2.24. The number of ether oxygens (including phenoxy) is 1. The first-order chi connectivity index (χ1) is 8.29. The summed E-state index contributed by atoms with van der Waals surface area (Å²) in [7, 11) is 0. The van der Waals surface area contributed by atoms with Crippen molar-refractivity contribution in [3.8, 4) is 0 Å². The fourth-order valence-electron chi connectivity index (χ4n) is 2.56. The van der Waals surface area contributed by atoms with Crippen molar-refractivity contribution in [3.05, 3.63) is 22.4 Å². The molecule has 0 bridgehead atoms. The molecule has 0 radical (unpaired) electrons. The van der Waals surface area contributed by atoms with Crippen molar-refractivity contribution in [1.29, 1.82) is 0 Å². The molecule has 1 aromatic rings. The third-order valence-electron chi connectivity index (χ3n) is 3.46. The zero-order valence-electron chi connectivity index (χ0n) is 10.8. The highest BCUT2D eigenvalue weighted by Gasteiger charge is 2.28. The quantitative estimate of drug-likeness (QED) is 0.840. The zero-order chi connectivity index (χ0) is 12.1. The number of nitrogens with one attached hydrogen (secondary N) is 1. The van der Waals surface area contributed by atoms with Crippen LogP contribution in [0.2, 0.25) is 0 Å². The average molecular weight is 253 g/mol. The molecule has 0 saturated carbocycles. The smallest absolute Gasteiger partial charge is 0.0732 e. The summed E-state index contributed by atoms with van der Waals surface area (Å²) in [6, 6.07) is 4.88. The molecular formula is C14H23NOS. The predicted octanol–water partition coefficient (Wildman–Crippen LogP) is 3.23. The van der Waals surface area contributed by atoms with E-state index >= 15 is 0 Å². The number of aryl methyl sites for hydroxylation is 1. The van der Waals surface area contributed by atoms with Gasteiger partial charge in [0.05, 0.1) is 12.2 Å². The van der Waals surface area contributed by atoms with Gasteiger partial charge in [-0.15, -0.1) is 11.3 Å². The first-order valence-electron chi connectivity index (χ1n) is 6.70. The minimum absolute atomic E-state index is 0.421. The molecule has 2 rings (SSSR count). The lowest BCUT2D eigenvalue weighted by molar-refractivity contribution is 0.0305. The maximum absolute atomic E-state index is 5.99. The monoisotopic (exact) mass is 253 g/mol. The SMILES string of the molecule is CCNC(CCc1cccs1)C1CCC(C)O1. The van der Waals surface area contributed by atoms with Gasteiger partial charge < -0.3 is 10.1 Å². The number of rotatable bonds is 6. The summed E-state index contributed by atoms with van der Waals surface area (Å²) >= 11 is 1.86. The van der Waals surface area contributed by atoms with Gasteiger partial charge in [-0.3, -0.25) is 0 Å². The van der Waals surface area contributed by atoms with E-state index in [0.29, 0.717) is 18.2 Å². The Balaban J connectivity index is 1.84. The van der Waals surface area contributed by atoms with Crippen LogP contribution in [0, 0.1) is 0 Å². The van der Waals surface area contributed by atoms with Gasteiger partial charge in [0.1, 0.15) is 0 Å². The van der Waals surface area contributed by atoms with Crippen LogP contribution in [0.5, 0.6) is 0 Å². The van der Waals surface area contributed by atoms with Gasteiger partial charge in [0.15, 0.2) is 0 Å². The number of hydrogen-bond acceptors (Lipinski definition) is 3. The molecule has 0 amide bonds. The number of likely N-dealkylation sites (N-methyl/N-ethyl adjacent to an activating group) is 1. The van der Waals surface area contributed by atoms with Gasteiger partial charge in [-0.2, -0.15) is 0 Å². The molecule has 1 aromatic heterocycles. The van der Waals surface area contributed by atoms with Gasteiger partial charge >= 0.3 is 0 Å². The molecule has 3 heteroatoms. The predicted molar refractivity (Wildman–Crippen MR) is 73.7 cm³/mol. The Hall–Kier alpha value is -0.380. The molecule has 1 fully saturated rings. The van der Waals surface area contributed by atoms with E-state index in [2.05, 4.69) is 36.7 Å². The van der Waals surface area contributed by atoms with Crippen molar-refractivity contribution in [2.75, 3.05) is 6.54 Å². The third kappa shape index (κ3) is 3.80. The van der Waals surface area contributed by atoms with Crippen LogP contribution in [-0.4, -0.2) is 24.8 Å². The van der Waals surface area contributed by atoms with E-state index < -0.39 is 0 Å². The summed E-state index contributed by atoms with van der Waals surface area (Å²) in [5.41, 5.74) is 0. The highest BCUT2D eigenvalue weighted by Crippen LogP contribution is 2.24. The second-order valence-corrected chi connectivity index (χ2v) is 5.88. The molecule has 17 heavy (non-hydrogen) atoms. The van der Waals surface area contributed by atoms with Crippen LogP contribution >= 0.6 is 11.3 Å². The molecule has 1 saturated heterocycles. The Morgan fingerprint density at radius 2 is 2.41 bits per heavy atom.